The van der Waals surface area contributed by atoms with Crippen molar-refractivity contribution in [1.29, 1.82) is 0 Å². The third-order valence-corrected chi connectivity index (χ3v) is 4.15. The third kappa shape index (κ3) is 4.03. The zero-order valence-corrected chi connectivity index (χ0v) is 15.0. The van der Waals surface area contributed by atoms with Crippen molar-refractivity contribution in [3.05, 3.63) is 75.7 Å². The number of isocyanates is 1. The number of benzene rings is 2. The number of aromatic nitrogens is 2. The summed E-state index contributed by atoms with van der Waals surface area (Å²) in [5, 5.41) is 2.25. The highest BCUT2D eigenvalue weighted by Gasteiger charge is 2.17. The maximum atomic E-state index is 12.7. The second-order valence-electron chi connectivity index (χ2n) is 6.03. The summed E-state index contributed by atoms with van der Waals surface area (Å²) in [5.41, 5.74) is 8.06. The average molecular weight is 375 g/mol. The van der Waals surface area contributed by atoms with Crippen LogP contribution in [0.1, 0.15) is 16.8 Å². The van der Waals surface area contributed by atoms with Gasteiger partial charge in [0.25, 0.3) is 5.56 Å². The van der Waals surface area contributed by atoms with Gasteiger partial charge in [-0.1, -0.05) is 42.5 Å². The highest BCUT2D eigenvalue weighted by Crippen LogP contribution is 2.32. The second-order valence-corrected chi connectivity index (χ2v) is 6.03. The summed E-state index contributed by atoms with van der Waals surface area (Å²) in [4.78, 5) is 45.1. The van der Waals surface area contributed by atoms with Crippen LogP contribution >= 0.6 is 0 Å². The lowest BCUT2D eigenvalue weighted by Crippen LogP contribution is -2.24. The van der Waals surface area contributed by atoms with Crippen LogP contribution in [0, 0.1) is 6.92 Å². The lowest BCUT2D eigenvalue weighted by molar-refractivity contribution is 0.259. The standard InChI is InChI=1S/C20H17N5O3/c1-12-17(18(27)24-20(23-12)25-19(21)28)14-8-5-9-16(22-11-26)15(14)10-13-6-3-2-4-7-13/h2-9H,10H2,1H3,(H4,21,23,24,25,27,28). The van der Waals surface area contributed by atoms with Crippen LogP contribution in [0.25, 0.3) is 11.1 Å². The molecule has 1 heterocycles. The lowest BCUT2D eigenvalue weighted by Gasteiger charge is -2.14. The molecule has 140 valence electrons. The minimum absolute atomic E-state index is 0.0366. The van der Waals surface area contributed by atoms with E-state index < -0.39 is 11.6 Å². The van der Waals surface area contributed by atoms with Gasteiger partial charge in [0, 0.05) is 6.42 Å². The molecule has 0 atom stereocenters. The largest absolute Gasteiger partial charge is 0.351 e. The van der Waals surface area contributed by atoms with E-state index in [0.29, 0.717) is 34.5 Å². The van der Waals surface area contributed by atoms with Crippen LogP contribution in [0.5, 0.6) is 0 Å². The Labute approximate surface area is 160 Å². The van der Waals surface area contributed by atoms with Crippen molar-refractivity contribution >= 4 is 23.7 Å². The van der Waals surface area contributed by atoms with Crippen LogP contribution in [0.2, 0.25) is 0 Å². The number of rotatable bonds is 5. The number of hydrogen-bond acceptors (Lipinski definition) is 5. The summed E-state index contributed by atoms with van der Waals surface area (Å²) in [7, 11) is 0. The van der Waals surface area contributed by atoms with E-state index in [1.807, 2.05) is 30.3 Å². The molecule has 0 aliphatic heterocycles. The number of carbonyl (C=O) groups is 1. The minimum atomic E-state index is -0.831. The highest BCUT2D eigenvalue weighted by molar-refractivity contribution is 5.86. The Balaban J connectivity index is 2.19. The van der Waals surface area contributed by atoms with Crippen LogP contribution in [0.3, 0.4) is 0 Å². The molecular weight excluding hydrogens is 358 g/mol. The fourth-order valence-electron chi connectivity index (χ4n) is 3.03. The van der Waals surface area contributed by atoms with Crippen LogP contribution < -0.4 is 16.6 Å². The molecule has 2 aromatic carbocycles. The normalized spacial score (nSPS) is 10.2. The molecule has 1 aromatic heterocycles. The number of nitrogens with two attached hydrogens (primary N) is 1. The van der Waals surface area contributed by atoms with E-state index in [1.54, 1.807) is 31.2 Å². The molecule has 2 amide bonds. The first kappa shape index (κ1) is 18.8. The van der Waals surface area contributed by atoms with Crippen molar-refractivity contribution in [3.8, 4) is 11.1 Å². The van der Waals surface area contributed by atoms with Gasteiger partial charge < -0.3 is 5.73 Å². The number of anilines is 1. The molecule has 8 nitrogen and oxygen atoms in total. The Hall–Kier alpha value is -4.03. The van der Waals surface area contributed by atoms with Gasteiger partial charge in [-0.15, -0.1) is 0 Å². The summed E-state index contributed by atoms with van der Waals surface area (Å²) in [5.74, 6) is -0.0366. The van der Waals surface area contributed by atoms with E-state index in [1.165, 1.54) is 0 Å². The number of amides is 2. The first-order valence-corrected chi connectivity index (χ1v) is 8.41. The molecule has 0 unspecified atom stereocenters. The molecule has 0 saturated heterocycles. The predicted octanol–water partition coefficient (Wildman–Crippen LogP) is 2.79. The number of H-pyrrole nitrogens is 1. The van der Waals surface area contributed by atoms with E-state index in [0.717, 1.165) is 5.56 Å². The van der Waals surface area contributed by atoms with Gasteiger partial charge in [-0.05, 0) is 29.7 Å². The van der Waals surface area contributed by atoms with Crippen molar-refractivity contribution < 1.29 is 9.59 Å². The van der Waals surface area contributed by atoms with Gasteiger partial charge in [-0.25, -0.2) is 14.6 Å². The molecule has 0 fully saturated rings. The van der Waals surface area contributed by atoms with E-state index >= 15 is 0 Å². The molecule has 8 heteroatoms. The molecule has 28 heavy (non-hydrogen) atoms. The van der Waals surface area contributed by atoms with E-state index in [9.17, 15) is 14.4 Å². The SMILES string of the molecule is Cc1nc(NC(N)=O)[nH]c(=O)c1-c1cccc(N=C=O)c1Cc1ccccc1. The number of aryl methyl sites for hydroxylation is 1. The average Bonchev–Trinajstić information content (AvgIpc) is 2.64. The Morgan fingerprint density at radius 3 is 2.61 bits per heavy atom. The van der Waals surface area contributed by atoms with E-state index in [2.05, 4.69) is 20.3 Å². The van der Waals surface area contributed by atoms with Crippen molar-refractivity contribution in [2.75, 3.05) is 5.32 Å². The van der Waals surface area contributed by atoms with E-state index in [4.69, 9.17) is 5.73 Å². The first-order chi connectivity index (χ1) is 13.5. The molecule has 0 aliphatic rings. The Morgan fingerprint density at radius 2 is 1.96 bits per heavy atom. The number of nitrogens with zero attached hydrogens (tertiary/aromatic N) is 2. The van der Waals surface area contributed by atoms with E-state index in [-0.39, 0.29) is 5.95 Å². The number of urea groups is 1. The molecule has 0 bridgehead atoms. The summed E-state index contributed by atoms with van der Waals surface area (Å²) in [6, 6.07) is 13.9. The summed E-state index contributed by atoms with van der Waals surface area (Å²) in [6.07, 6.45) is 2.02. The number of aliphatic imine (C=N–C) groups is 1. The zero-order valence-electron chi connectivity index (χ0n) is 15.0. The molecule has 0 radical (unpaired) electrons. The lowest BCUT2D eigenvalue weighted by atomic mass is 9.93. The highest BCUT2D eigenvalue weighted by atomic mass is 16.2. The quantitative estimate of drug-likeness (QED) is 0.467. The van der Waals surface area contributed by atoms with Crippen LogP contribution in [0.15, 0.2) is 58.3 Å². The summed E-state index contributed by atoms with van der Waals surface area (Å²) < 4.78 is 0. The monoisotopic (exact) mass is 375 g/mol. The minimum Gasteiger partial charge on any atom is -0.351 e. The van der Waals surface area contributed by atoms with Crippen LogP contribution in [-0.2, 0) is 11.2 Å². The van der Waals surface area contributed by atoms with Gasteiger partial charge in [-0.3, -0.25) is 15.1 Å². The Bertz CT molecular complexity index is 1130. The number of carbonyl (C=O) groups excluding carboxylic acids is 2. The van der Waals surface area contributed by atoms with Crippen molar-refractivity contribution in [2.45, 2.75) is 13.3 Å². The van der Waals surface area contributed by atoms with Gasteiger partial charge in [0.2, 0.25) is 12.0 Å². The van der Waals surface area contributed by atoms with Crippen LogP contribution in [0.4, 0.5) is 16.4 Å². The molecule has 0 spiro atoms. The summed E-state index contributed by atoms with van der Waals surface area (Å²) >= 11 is 0. The van der Waals surface area contributed by atoms with Crippen molar-refractivity contribution in [1.82, 2.24) is 9.97 Å². The fourth-order valence-corrected chi connectivity index (χ4v) is 3.03. The van der Waals surface area contributed by atoms with Gasteiger partial charge in [0.05, 0.1) is 16.9 Å². The van der Waals surface area contributed by atoms with Crippen molar-refractivity contribution in [2.24, 2.45) is 10.7 Å². The Kier molecular flexibility index (Phi) is 5.43. The predicted molar refractivity (Wildman–Crippen MR) is 105 cm³/mol. The molecule has 0 saturated carbocycles. The van der Waals surface area contributed by atoms with Gasteiger partial charge in [0.1, 0.15) is 0 Å². The smallest absolute Gasteiger partial charge is 0.318 e. The summed E-state index contributed by atoms with van der Waals surface area (Å²) in [6.45, 7) is 1.65. The Morgan fingerprint density at radius 1 is 1.21 bits per heavy atom. The van der Waals surface area contributed by atoms with Gasteiger partial charge in [0.15, 0.2) is 0 Å². The molecule has 4 N–H and O–H groups in total. The molecule has 3 rings (SSSR count). The number of aromatic amines is 1. The first-order valence-electron chi connectivity index (χ1n) is 8.41. The topological polar surface area (TPSA) is 130 Å². The fraction of sp³-hybridized carbons (Fsp3) is 0.100. The molecule has 3 aromatic rings. The number of primary amides is 1. The molecular formula is C20H17N5O3. The van der Waals surface area contributed by atoms with Gasteiger partial charge in [-0.2, -0.15) is 4.99 Å². The maximum absolute atomic E-state index is 12.7. The van der Waals surface area contributed by atoms with Crippen LogP contribution in [-0.4, -0.2) is 22.1 Å². The number of hydrogen-bond donors (Lipinski definition) is 3. The maximum Gasteiger partial charge on any atom is 0.318 e. The molecule has 0 aliphatic carbocycles. The van der Waals surface area contributed by atoms with Crippen molar-refractivity contribution in [3.63, 3.8) is 0 Å². The third-order valence-electron chi connectivity index (χ3n) is 4.15. The van der Waals surface area contributed by atoms with Gasteiger partial charge >= 0.3 is 6.03 Å². The zero-order chi connectivity index (χ0) is 20.1. The second kappa shape index (κ2) is 8.11. The number of nitrogens with one attached hydrogen (secondary N) is 2.